The first-order chi connectivity index (χ1) is 10.3. The largest absolute Gasteiger partial charge is 0.342 e. The van der Waals surface area contributed by atoms with Gasteiger partial charge in [0.1, 0.15) is 0 Å². The van der Waals surface area contributed by atoms with Gasteiger partial charge >= 0.3 is 0 Å². The standard InChI is InChI=1S/C18H30N2O/c21-18-9-8-17(11-13-20(18)14-16-6-7-16)19-12-10-15-4-2-1-3-5-15/h4,16-17,19H,1-3,5-14H2. The van der Waals surface area contributed by atoms with E-state index < -0.39 is 0 Å². The number of nitrogens with zero attached hydrogens (tertiary/aromatic N) is 1. The van der Waals surface area contributed by atoms with Gasteiger partial charge in [-0.05, 0) is 70.3 Å². The van der Waals surface area contributed by atoms with Crippen LogP contribution in [0.25, 0.3) is 0 Å². The minimum absolute atomic E-state index is 0.390. The number of carbonyl (C=O) groups excluding carboxylic acids is 1. The molecule has 1 saturated heterocycles. The molecule has 1 N–H and O–H groups in total. The van der Waals surface area contributed by atoms with E-state index in [1.165, 1.54) is 44.9 Å². The van der Waals surface area contributed by atoms with Gasteiger partial charge in [0.05, 0.1) is 0 Å². The normalized spacial score (nSPS) is 27.4. The number of hydrogen-bond acceptors (Lipinski definition) is 2. The maximum atomic E-state index is 12.1. The zero-order valence-corrected chi connectivity index (χ0v) is 13.3. The first-order valence-corrected chi connectivity index (χ1v) is 9.00. The van der Waals surface area contributed by atoms with E-state index in [1.807, 2.05) is 0 Å². The van der Waals surface area contributed by atoms with Gasteiger partial charge in [-0.2, -0.15) is 0 Å². The van der Waals surface area contributed by atoms with Crippen LogP contribution in [0.5, 0.6) is 0 Å². The van der Waals surface area contributed by atoms with Crippen molar-refractivity contribution in [2.24, 2.45) is 5.92 Å². The Bertz CT molecular complexity index is 387. The second-order valence-electron chi connectivity index (χ2n) is 7.12. The van der Waals surface area contributed by atoms with Crippen LogP contribution in [0.1, 0.15) is 64.2 Å². The molecule has 1 unspecified atom stereocenters. The molecule has 0 bridgehead atoms. The third kappa shape index (κ3) is 4.84. The second kappa shape index (κ2) is 7.44. The van der Waals surface area contributed by atoms with Gasteiger partial charge in [0.25, 0.3) is 0 Å². The zero-order chi connectivity index (χ0) is 14.5. The molecule has 118 valence electrons. The second-order valence-corrected chi connectivity index (χ2v) is 7.12. The molecule has 3 heteroatoms. The third-order valence-electron chi connectivity index (χ3n) is 5.25. The van der Waals surface area contributed by atoms with E-state index in [2.05, 4.69) is 16.3 Å². The molecule has 1 amide bonds. The van der Waals surface area contributed by atoms with Crippen molar-refractivity contribution >= 4 is 5.91 Å². The van der Waals surface area contributed by atoms with Crippen LogP contribution in [-0.2, 0) is 4.79 Å². The van der Waals surface area contributed by atoms with Crippen molar-refractivity contribution in [2.75, 3.05) is 19.6 Å². The monoisotopic (exact) mass is 290 g/mol. The lowest BCUT2D eigenvalue weighted by molar-refractivity contribution is -0.130. The molecule has 1 atom stereocenters. The molecule has 0 radical (unpaired) electrons. The first-order valence-electron chi connectivity index (χ1n) is 9.00. The Balaban J connectivity index is 1.37. The highest BCUT2D eigenvalue weighted by Crippen LogP contribution is 2.30. The molecule has 3 nitrogen and oxygen atoms in total. The summed E-state index contributed by atoms with van der Waals surface area (Å²) in [5.74, 6) is 1.21. The lowest BCUT2D eigenvalue weighted by Crippen LogP contribution is -2.34. The highest BCUT2D eigenvalue weighted by Gasteiger charge is 2.28. The van der Waals surface area contributed by atoms with Gasteiger partial charge < -0.3 is 10.2 Å². The van der Waals surface area contributed by atoms with Gasteiger partial charge in [-0.15, -0.1) is 0 Å². The van der Waals surface area contributed by atoms with Crippen LogP contribution in [0, 0.1) is 5.92 Å². The van der Waals surface area contributed by atoms with E-state index >= 15 is 0 Å². The maximum absolute atomic E-state index is 12.1. The molecule has 1 heterocycles. The summed E-state index contributed by atoms with van der Waals surface area (Å²) in [6, 6.07) is 0.544. The van der Waals surface area contributed by atoms with Gasteiger partial charge in [-0.1, -0.05) is 11.6 Å². The molecule has 0 aromatic heterocycles. The summed E-state index contributed by atoms with van der Waals surface area (Å²) < 4.78 is 0. The molecular formula is C18H30N2O. The average Bonchev–Trinajstić information content (AvgIpc) is 3.33. The van der Waals surface area contributed by atoms with Crippen LogP contribution in [0.3, 0.4) is 0 Å². The molecule has 3 rings (SSSR count). The van der Waals surface area contributed by atoms with Gasteiger partial charge in [-0.3, -0.25) is 4.79 Å². The van der Waals surface area contributed by atoms with E-state index in [9.17, 15) is 4.79 Å². The van der Waals surface area contributed by atoms with Crippen molar-refractivity contribution in [1.29, 1.82) is 0 Å². The number of likely N-dealkylation sites (tertiary alicyclic amines) is 1. The zero-order valence-electron chi connectivity index (χ0n) is 13.3. The van der Waals surface area contributed by atoms with Crippen molar-refractivity contribution < 1.29 is 4.79 Å². The van der Waals surface area contributed by atoms with E-state index in [4.69, 9.17) is 0 Å². The van der Waals surface area contributed by atoms with E-state index in [0.29, 0.717) is 11.9 Å². The van der Waals surface area contributed by atoms with Crippen LogP contribution < -0.4 is 5.32 Å². The molecular weight excluding hydrogens is 260 g/mol. The third-order valence-corrected chi connectivity index (χ3v) is 5.25. The van der Waals surface area contributed by atoms with Crippen molar-refractivity contribution in [3.8, 4) is 0 Å². The van der Waals surface area contributed by atoms with E-state index in [1.54, 1.807) is 5.57 Å². The van der Waals surface area contributed by atoms with Crippen molar-refractivity contribution in [3.05, 3.63) is 11.6 Å². The Kier molecular flexibility index (Phi) is 5.34. The van der Waals surface area contributed by atoms with Crippen molar-refractivity contribution in [1.82, 2.24) is 10.2 Å². The Morgan fingerprint density at radius 1 is 1.14 bits per heavy atom. The summed E-state index contributed by atoms with van der Waals surface area (Å²) in [5.41, 5.74) is 1.65. The lowest BCUT2D eigenvalue weighted by atomic mass is 9.97. The predicted octanol–water partition coefficient (Wildman–Crippen LogP) is 3.26. The molecule has 2 fully saturated rings. The van der Waals surface area contributed by atoms with Gasteiger partial charge in [0.2, 0.25) is 5.91 Å². The number of rotatable bonds is 6. The summed E-state index contributed by atoms with van der Waals surface area (Å²) >= 11 is 0. The summed E-state index contributed by atoms with van der Waals surface area (Å²) in [6.45, 7) is 3.08. The number of allylic oxidation sites excluding steroid dienone is 1. The number of carbonyl (C=O) groups is 1. The minimum Gasteiger partial charge on any atom is -0.342 e. The molecule has 21 heavy (non-hydrogen) atoms. The fourth-order valence-electron chi connectivity index (χ4n) is 3.61. The predicted molar refractivity (Wildman–Crippen MR) is 86.1 cm³/mol. The summed E-state index contributed by atoms with van der Waals surface area (Å²) in [7, 11) is 0. The van der Waals surface area contributed by atoms with Gasteiger partial charge in [0, 0.05) is 25.6 Å². The molecule has 1 saturated carbocycles. The fraction of sp³-hybridized carbons (Fsp3) is 0.833. The summed E-state index contributed by atoms with van der Waals surface area (Å²) in [5, 5.41) is 3.70. The SMILES string of the molecule is O=C1CCC(NCCC2=CCCCC2)CCN1CC1CC1. The smallest absolute Gasteiger partial charge is 0.222 e. The fourth-order valence-corrected chi connectivity index (χ4v) is 3.61. The highest BCUT2D eigenvalue weighted by molar-refractivity contribution is 5.76. The lowest BCUT2D eigenvalue weighted by Gasteiger charge is -2.21. The quantitative estimate of drug-likeness (QED) is 0.762. The van der Waals surface area contributed by atoms with E-state index in [-0.39, 0.29) is 0 Å². The van der Waals surface area contributed by atoms with Gasteiger partial charge in [0.15, 0.2) is 0 Å². The number of hydrogen-bond donors (Lipinski definition) is 1. The van der Waals surface area contributed by atoms with Crippen molar-refractivity contribution in [2.45, 2.75) is 70.3 Å². The van der Waals surface area contributed by atoms with Gasteiger partial charge in [-0.25, -0.2) is 0 Å². The molecule has 0 spiro atoms. The first kappa shape index (κ1) is 15.1. The number of amides is 1. The van der Waals surface area contributed by atoms with Crippen LogP contribution >= 0.6 is 0 Å². The van der Waals surface area contributed by atoms with Crippen LogP contribution in [0.4, 0.5) is 0 Å². The Morgan fingerprint density at radius 2 is 2.05 bits per heavy atom. The maximum Gasteiger partial charge on any atom is 0.222 e. The van der Waals surface area contributed by atoms with Crippen LogP contribution in [0.2, 0.25) is 0 Å². The van der Waals surface area contributed by atoms with Crippen LogP contribution in [0.15, 0.2) is 11.6 Å². The molecule has 1 aliphatic heterocycles. The topological polar surface area (TPSA) is 32.3 Å². The molecule has 0 aromatic rings. The number of nitrogens with one attached hydrogen (secondary N) is 1. The van der Waals surface area contributed by atoms with E-state index in [0.717, 1.165) is 44.8 Å². The Morgan fingerprint density at radius 3 is 2.81 bits per heavy atom. The Hall–Kier alpha value is -0.830. The molecule has 0 aromatic carbocycles. The highest BCUT2D eigenvalue weighted by atomic mass is 16.2. The molecule has 2 aliphatic carbocycles. The summed E-state index contributed by atoms with van der Waals surface area (Å²) in [6.07, 6.45) is 14.6. The average molecular weight is 290 g/mol. The molecule has 3 aliphatic rings. The Labute approximate surface area is 129 Å². The van der Waals surface area contributed by atoms with Crippen molar-refractivity contribution in [3.63, 3.8) is 0 Å². The minimum atomic E-state index is 0.390. The summed E-state index contributed by atoms with van der Waals surface area (Å²) in [4.78, 5) is 14.3. The van der Waals surface area contributed by atoms with Crippen LogP contribution in [-0.4, -0.2) is 36.5 Å².